The van der Waals surface area contributed by atoms with Gasteiger partial charge in [-0.25, -0.2) is 0 Å². The first kappa shape index (κ1) is 42.0. The molecule has 0 spiro atoms. The quantitative estimate of drug-likeness (QED) is 0.156. The third-order valence-electron chi connectivity index (χ3n) is 17.6. The molecule has 0 N–H and O–H groups in total. The van der Waals surface area contributed by atoms with Crippen molar-refractivity contribution in [3.63, 3.8) is 0 Å². The second-order valence-corrected chi connectivity index (χ2v) is 21.4. The van der Waals surface area contributed by atoms with Crippen molar-refractivity contribution in [2.24, 2.45) is 0 Å². The van der Waals surface area contributed by atoms with Crippen molar-refractivity contribution in [3.8, 4) is 22.5 Å². The van der Waals surface area contributed by atoms with E-state index in [1.54, 1.807) is 0 Å². The molecule has 0 amide bonds. The number of benzene rings is 16. The van der Waals surface area contributed by atoms with Gasteiger partial charge >= 0.3 is 0 Å². The zero-order valence-corrected chi connectivity index (χ0v) is 42.3. The van der Waals surface area contributed by atoms with E-state index in [4.69, 9.17) is 0 Å². The molecule has 18 rings (SSSR count). The number of rotatable bonds is 3. The van der Waals surface area contributed by atoms with Crippen molar-refractivity contribution in [3.05, 3.63) is 267 Å². The van der Waals surface area contributed by atoms with Gasteiger partial charge in [-0.1, -0.05) is 224 Å². The van der Waals surface area contributed by atoms with Crippen LogP contribution in [0.15, 0.2) is 267 Å². The van der Waals surface area contributed by atoms with Crippen LogP contribution in [0.2, 0.25) is 0 Å². The minimum Gasteiger partial charge on any atom is -0.309 e. The molecule has 2 heteroatoms. The zero-order valence-electron chi connectivity index (χ0n) is 42.3. The van der Waals surface area contributed by atoms with E-state index in [2.05, 4.69) is 276 Å². The first-order valence-electron chi connectivity index (χ1n) is 27.2. The van der Waals surface area contributed by atoms with Gasteiger partial charge in [0.2, 0.25) is 0 Å². The molecule has 0 saturated heterocycles. The number of para-hydroxylation sites is 2. The molecule has 78 heavy (non-hydrogen) atoms. The Morgan fingerprint density at radius 1 is 0.167 bits per heavy atom. The Morgan fingerprint density at radius 3 is 1.23 bits per heavy atom. The van der Waals surface area contributed by atoms with Crippen LogP contribution in [0.1, 0.15) is 0 Å². The average molecular weight is 985 g/mol. The molecular formula is C76H44N2. The molecule has 0 atom stereocenters. The van der Waals surface area contributed by atoms with Crippen LogP contribution >= 0.6 is 0 Å². The molecule has 358 valence electrons. The fraction of sp³-hybridized carbons (Fsp3) is 0. The van der Waals surface area contributed by atoms with Gasteiger partial charge in [0.25, 0.3) is 0 Å². The molecule has 0 fully saturated rings. The lowest BCUT2D eigenvalue weighted by molar-refractivity contribution is 1.20. The Morgan fingerprint density at radius 2 is 0.564 bits per heavy atom. The van der Waals surface area contributed by atoms with Gasteiger partial charge in [0.15, 0.2) is 0 Å². The Hall–Kier alpha value is -10.3. The highest BCUT2D eigenvalue weighted by Crippen LogP contribution is 2.48. The van der Waals surface area contributed by atoms with Gasteiger partial charge < -0.3 is 9.13 Å². The molecule has 0 aliphatic rings. The van der Waals surface area contributed by atoms with Gasteiger partial charge in [-0.2, -0.15) is 0 Å². The van der Waals surface area contributed by atoms with Crippen LogP contribution in [0, 0.1) is 0 Å². The van der Waals surface area contributed by atoms with Gasteiger partial charge in [-0.3, -0.25) is 0 Å². The highest BCUT2D eigenvalue weighted by atomic mass is 15.0. The number of aromatic nitrogens is 2. The molecule has 0 aliphatic heterocycles. The number of hydrogen-bond acceptors (Lipinski definition) is 0. The molecule has 0 unspecified atom stereocenters. The van der Waals surface area contributed by atoms with Crippen molar-refractivity contribution in [1.29, 1.82) is 0 Å². The van der Waals surface area contributed by atoms with Gasteiger partial charge in [0.1, 0.15) is 0 Å². The molecule has 16 aromatic carbocycles. The Balaban J connectivity index is 0.901. The molecular weight excluding hydrogens is 941 g/mol. The monoisotopic (exact) mass is 984 g/mol. The van der Waals surface area contributed by atoms with Gasteiger partial charge in [0, 0.05) is 37.7 Å². The fourth-order valence-corrected chi connectivity index (χ4v) is 14.3. The molecule has 0 aliphatic carbocycles. The van der Waals surface area contributed by atoms with E-state index in [9.17, 15) is 0 Å². The summed E-state index contributed by atoms with van der Waals surface area (Å²) in [5.74, 6) is 0. The van der Waals surface area contributed by atoms with E-state index >= 15 is 0 Å². The standard InChI is InChI=1S/C76H44N2/c1-3-19-49-45(17-1)33-37-64-73-60-29-11-9-23-53(60)52-22-6-8-26-56(52)66(73)44-72(74(49)64)78-67-31-15-13-27-57(67)59-36-34-47(42-70(59)78)46-35-40-69-65(41-46)58-28-14-16-32-68(58)77(69)71-43-48-18-2-4-20-50(48)75-63(71)39-38-62-55-25-7-5-21-51(55)54-24-10-12-30-61(54)76(62)75/h1-44H. The van der Waals surface area contributed by atoms with Gasteiger partial charge in [-0.15, -0.1) is 0 Å². The Labute approximate surface area is 447 Å². The van der Waals surface area contributed by atoms with Crippen molar-refractivity contribution in [2.45, 2.75) is 0 Å². The maximum Gasteiger partial charge on any atom is 0.0553 e. The normalized spacial score (nSPS) is 12.4. The van der Waals surface area contributed by atoms with E-state index < -0.39 is 0 Å². The summed E-state index contributed by atoms with van der Waals surface area (Å²) in [6, 6.07) is 100. The maximum atomic E-state index is 2.57. The van der Waals surface area contributed by atoms with Crippen LogP contribution in [0.3, 0.4) is 0 Å². The predicted molar refractivity (Wildman–Crippen MR) is 336 cm³/mol. The minimum atomic E-state index is 1.18. The summed E-state index contributed by atoms with van der Waals surface area (Å²) in [7, 11) is 0. The topological polar surface area (TPSA) is 9.86 Å². The van der Waals surface area contributed by atoms with Crippen LogP contribution in [0.4, 0.5) is 0 Å². The lowest BCUT2D eigenvalue weighted by atomic mass is 9.88. The number of nitrogens with zero attached hydrogens (tertiary/aromatic N) is 2. The van der Waals surface area contributed by atoms with Crippen LogP contribution in [-0.4, -0.2) is 9.13 Å². The summed E-state index contributed by atoms with van der Waals surface area (Å²) in [5, 5.41) is 30.4. The molecule has 0 radical (unpaired) electrons. The van der Waals surface area contributed by atoms with E-state index in [1.807, 2.05) is 0 Å². The molecule has 2 nitrogen and oxygen atoms in total. The van der Waals surface area contributed by atoms with Crippen molar-refractivity contribution < 1.29 is 0 Å². The van der Waals surface area contributed by atoms with E-state index in [-0.39, 0.29) is 0 Å². The average Bonchev–Trinajstić information content (AvgIpc) is 4.12. The van der Waals surface area contributed by atoms with Crippen molar-refractivity contribution >= 4 is 151 Å². The highest BCUT2D eigenvalue weighted by Gasteiger charge is 2.23. The summed E-state index contributed by atoms with van der Waals surface area (Å²) in [5.41, 5.74) is 9.49. The largest absolute Gasteiger partial charge is 0.309 e. The lowest BCUT2D eigenvalue weighted by Gasteiger charge is -2.19. The summed E-state index contributed by atoms with van der Waals surface area (Å²) in [6.45, 7) is 0. The van der Waals surface area contributed by atoms with E-state index in [1.165, 1.54) is 174 Å². The van der Waals surface area contributed by atoms with Crippen LogP contribution in [-0.2, 0) is 0 Å². The fourth-order valence-electron chi connectivity index (χ4n) is 14.3. The SMILES string of the molecule is c1ccc2c(c1)ccc1c2c(-n2c3ccccc3c3ccc(-c4ccc5c(c4)c4ccccc4n5-c4cc5ccccc5c5c4ccc4c6ccccc6c6ccccc6c45)cc32)cc2c3ccccc3c3ccccc3c21. The zero-order chi connectivity index (χ0) is 50.7. The molecule has 2 heterocycles. The van der Waals surface area contributed by atoms with Crippen molar-refractivity contribution in [2.75, 3.05) is 0 Å². The number of hydrogen-bond donors (Lipinski definition) is 0. The van der Waals surface area contributed by atoms with Crippen LogP contribution < -0.4 is 0 Å². The third kappa shape index (κ3) is 5.60. The minimum absolute atomic E-state index is 1.18. The van der Waals surface area contributed by atoms with Crippen molar-refractivity contribution in [1.82, 2.24) is 9.13 Å². The van der Waals surface area contributed by atoms with Gasteiger partial charge in [0.05, 0.1) is 33.4 Å². The Bertz CT molecular complexity index is 5660. The summed E-state index contributed by atoms with van der Waals surface area (Å²) < 4.78 is 5.10. The Kier molecular flexibility index (Phi) is 8.42. The first-order chi connectivity index (χ1) is 38.7. The van der Waals surface area contributed by atoms with Crippen LogP contribution in [0.25, 0.3) is 174 Å². The van der Waals surface area contributed by atoms with E-state index in [0.29, 0.717) is 0 Å². The summed E-state index contributed by atoms with van der Waals surface area (Å²) in [6.07, 6.45) is 0. The first-order valence-corrected chi connectivity index (χ1v) is 27.2. The smallest absolute Gasteiger partial charge is 0.0553 e. The van der Waals surface area contributed by atoms with Crippen LogP contribution in [0.5, 0.6) is 0 Å². The summed E-state index contributed by atoms with van der Waals surface area (Å²) >= 11 is 0. The molecule has 2 aromatic heterocycles. The molecule has 18 aromatic rings. The lowest BCUT2D eigenvalue weighted by Crippen LogP contribution is -1.98. The molecule has 0 saturated carbocycles. The van der Waals surface area contributed by atoms with Gasteiger partial charge in [-0.05, 0) is 145 Å². The predicted octanol–water partition coefficient (Wildman–Crippen LogP) is 21.1. The van der Waals surface area contributed by atoms with E-state index in [0.717, 1.165) is 0 Å². The number of fused-ring (bicyclic) bond motifs is 26. The molecule has 0 bridgehead atoms. The second-order valence-electron chi connectivity index (χ2n) is 21.4. The highest BCUT2D eigenvalue weighted by molar-refractivity contribution is 6.37. The summed E-state index contributed by atoms with van der Waals surface area (Å²) in [4.78, 5) is 0. The second kappa shape index (κ2) is 15.6. The third-order valence-corrected chi connectivity index (χ3v) is 17.6. The maximum absolute atomic E-state index is 2.57.